The molecular weight excluding hydrogens is 216 g/mol. The molecule has 4 heteroatoms. The summed E-state index contributed by atoms with van der Waals surface area (Å²) in [6.07, 6.45) is 6.56. The quantitative estimate of drug-likeness (QED) is 0.690. The molecule has 0 radical (unpaired) electrons. The highest BCUT2D eigenvalue weighted by Gasteiger charge is 2.37. The lowest BCUT2D eigenvalue weighted by Gasteiger charge is -2.30. The first-order chi connectivity index (χ1) is 8.11. The van der Waals surface area contributed by atoms with E-state index in [-0.39, 0.29) is 17.9 Å². The van der Waals surface area contributed by atoms with Crippen molar-refractivity contribution >= 4 is 11.8 Å². The average Bonchev–Trinajstić information content (AvgIpc) is 2.63. The molecule has 0 aromatic rings. The minimum atomic E-state index is -0.406. The van der Waals surface area contributed by atoms with Crippen LogP contribution >= 0.6 is 0 Å². The first-order valence-electron chi connectivity index (χ1n) is 6.72. The van der Waals surface area contributed by atoms with Crippen LogP contribution in [0.5, 0.6) is 0 Å². The van der Waals surface area contributed by atoms with Crippen molar-refractivity contribution in [2.75, 3.05) is 0 Å². The highest BCUT2D eigenvalue weighted by atomic mass is 16.2. The van der Waals surface area contributed by atoms with Crippen LogP contribution in [0, 0.1) is 0 Å². The maximum atomic E-state index is 11.8. The Bertz CT molecular complexity index is 279. The molecule has 0 spiro atoms. The van der Waals surface area contributed by atoms with Gasteiger partial charge in [0.15, 0.2) is 0 Å². The van der Waals surface area contributed by atoms with E-state index in [4.69, 9.17) is 5.73 Å². The Balaban J connectivity index is 2.63. The lowest BCUT2D eigenvalue weighted by Crippen LogP contribution is -2.48. The van der Waals surface area contributed by atoms with Crippen molar-refractivity contribution in [3.05, 3.63) is 0 Å². The van der Waals surface area contributed by atoms with Gasteiger partial charge in [0.1, 0.15) is 6.04 Å². The van der Waals surface area contributed by atoms with Crippen molar-refractivity contribution in [3.63, 3.8) is 0 Å². The van der Waals surface area contributed by atoms with Gasteiger partial charge in [0.25, 0.3) is 0 Å². The van der Waals surface area contributed by atoms with Gasteiger partial charge in [-0.3, -0.25) is 9.59 Å². The molecule has 4 nitrogen and oxygen atoms in total. The van der Waals surface area contributed by atoms with E-state index in [9.17, 15) is 9.59 Å². The third-order valence-corrected chi connectivity index (χ3v) is 3.56. The standard InChI is InChI=1S/C13H24N2O2/c1-3-5-6-7-10-8-9-12(16)15(10)11(4-2)13(14)17/h10-11H,3-9H2,1-2H3,(H2,14,17)/t10?,11-/m0/s1. The zero-order valence-electron chi connectivity index (χ0n) is 10.9. The number of hydrogen-bond donors (Lipinski definition) is 1. The van der Waals surface area contributed by atoms with Crippen molar-refractivity contribution in [2.45, 2.75) is 70.9 Å². The largest absolute Gasteiger partial charge is 0.368 e. The minimum absolute atomic E-state index is 0.0946. The van der Waals surface area contributed by atoms with Crippen LogP contribution in [0.25, 0.3) is 0 Å². The summed E-state index contributed by atoms with van der Waals surface area (Å²) in [5.74, 6) is -0.277. The van der Waals surface area contributed by atoms with Gasteiger partial charge < -0.3 is 10.6 Å². The molecule has 0 aliphatic carbocycles. The molecule has 98 valence electrons. The summed E-state index contributed by atoms with van der Waals surface area (Å²) in [7, 11) is 0. The van der Waals surface area contributed by atoms with E-state index in [1.807, 2.05) is 6.92 Å². The van der Waals surface area contributed by atoms with E-state index in [2.05, 4.69) is 6.92 Å². The van der Waals surface area contributed by atoms with Crippen molar-refractivity contribution < 1.29 is 9.59 Å². The number of likely N-dealkylation sites (tertiary alicyclic amines) is 1. The second kappa shape index (κ2) is 6.62. The number of nitrogens with zero attached hydrogens (tertiary/aromatic N) is 1. The van der Waals surface area contributed by atoms with E-state index in [1.165, 1.54) is 12.8 Å². The summed E-state index contributed by atoms with van der Waals surface area (Å²) in [4.78, 5) is 25.0. The summed E-state index contributed by atoms with van der Waals surface area (Å²) in [6, 6.07) is -0.178. The SMILES string of the molecule is CCCCCC1CCC(=O)N1[C@@H](CC)C(N)=O. The Labute approximate surface area is 104 Å². The van der Waals surface area contributed by atoms with E-state index in [0.717, 1.165) is 19.3 Å². The van der Waals surface area contributed by atoms with Gasteiger partial charge in [-0.2, -0.15) is 0 Å². The summed E-state index contributed by atoms with van der Waals surface area (Å²) >= 11 is 0. The number of rotatable bonds is 7. The third kappa shape index (κ3) is 3.45. The molecule has 1 fully saturated rings. The molecule has 2 N–H and O–H groups in total. The van der Waals surface area contributed by atoms with E-state index >= 15 is 0 Å². The lowest BCUT2D eigenvalue weighted by atomic mass is 10.0. The van der Waals surface area contributed by atoms with Crippen molar-refractivity contribution in [3.8, 4) is 0 Å². The van der Waals surface area contributed by atoms with Crippen LogP contribution in [0.1, 0.15) is 58.8 Å². The first kappa shape index (κ1) is 14.0. The zero-order valence-corrected chi connectivity index (χ0v) is 10.9. The van der Waals surface area contributed by atoms with Crippen LogP contribution in [-0.4, -0.2) is 28.8 Å². The highest BCUT2D eigenvalue weighted by Crippen LogP contribution is 2.26. The number of hydrogen-bond acceptors (Lipinski definition) is 2. The second-order valence-electron chi connectivity index (χ2n) is 4.82. The van der Waals surface area contributed by atoms with Crippen LogP contribution in [0.3, 0.4) is 0 Å². The Morgan fingerprint density at radius 1 is 1.47 bits per heavy atom. The fourth-order valence-corrected chi connectivity index (χ4v) is 2.64. The molecule has 0 bridgehead atoms. The molecule has 2 atom stereocenters. The lowest BCUT2D eigenvalue weighted by molar-refractivity contribution is -0.138. The summed E-state index contributed by atoms with van der Waals surface area (Å²) in [5.41, 5.74) is 5.37. The van der Waals surface area contributed by atoms with Crippen LogP contribution < -0.4 is 5.73 Å². The minimum Gasteiger partial charge on any atom is -0.368 e. The number of carbonyl (C=O) groups excluding carboxylic acids is 2. The van der Waals surface area contributed by atoms with E-state index in [1.54, 1.807) is 4.90 Å². The fourth-order valence-electron chi connectivity index (χ4n) is 2.64. The maximum absolute atomic E-state index is 11.8. The Kier molecular flexibility index (Phi) is 5.45. The van der Waals surface area contributed by atoms with Crippen LogP contribution in [0.4, 0.5) is 0 Å². The average molecular weight is 240 g/mol. The molecule has 1 aliphatic heterocycles. The second-order valence-corrected chi connectivity index (χ2v) is 4.82. The third-order valence-electron chi connectivity index (χ3n) is 3.56. The summed E-state index contributed by atoms with van der Waals surface area (Å²) in [6.45, 7) is 4.07. The number of carbonyl (C=O) groups is 2. The Morgan fingerprint density at radius 2 is 2.18 bits per heavy atom. The molecular formula is C13H24N2O2. The van der Waals surface area contributed by atoms with E-state index in [0.29, 0.717) is 12.8 Å². The number of unbranched alkanes of at least 4 members (excludes halogenated alkanes) is 2. The Hall–Kier alpha value is -1.06. The van der Waals surface area contributed by atoms with E-state index < -0.39 is 6.04 Å². The number of primary amides is 1. The molecule has 2 amide bonds. The molecule has 1 aliphatic rings. The monoisotopic (exact) mass is 240 g/mol. The van der Waals surface area contributed by atoms with Gasteiger partial charge in [-0.05, 0) is 19.3 Å². The van der Waals surface area contributed by atoms with Crippen molar-refractivity contribution in [1.82, 2.24) is 4.90 Å². The summed E-state index contributed by atoms with van der Waals surface area (Å²) in [5, 5.41) is 0. The smallest absolute Gasteiger partial charge is 0.240 e. The van der Waals surface area contributed by atoms with Gasteiger partial charge in [-0.25, -0.2) is 0 Å². The zero-order chi connectivity index (χ0) is 12.8. The van der Waals surface area contributed by atoms with Gasteiger partial charge in [-0.15, -0.1) is 0 Å². The van der Waals surface area contributed by atoms with Crippen molar-refractivity contribution in [1.29, 1.82) is 0 Å². The summed E-state index contributed by atoms with van der Waals surface area (Å²) < 4.78 is 0. The fraction of sp³-hybridized carbons (Fsp3) is 0.846. The van der Waals surface area contributed by atoms with Gasteiger partial charge in [0, 0.05) is 12.5 Å². The first-order valence-corrected chi connectivity index (χ1v) is 6.72. The van der Waals surface area contributed by atoms with Crippen LogP contribution in [-0.2, 0) is 9.59 Å². The van der Waals surface area contributed by atoms with Crippen LogP contribution in [0.2, 0.25) is 0 Å². The highest BCUT2D eigenvalue weighted by molar-refractivity contribution is 5.87. The molecule has 1 unspecified atom stereocenters. The number of nitrogens with two attached hydrogens (primary N) is 1. The molecule has 1 rings (SSSR count). The van der Waals surface area contributed by atoms with Gasteiger partial charge in [0.05, 0.1) is 0 Å². The predicted molar refractivity (Wildman–Crippen MR) is 67.3 cm³/mol. The van der Waals surface area contributed by atoms with Gasteiger partial charge >= 0.3 is 0 Å². The van der Waals surface area contributed by atoms with Gasteiger partial charge in [0.2, 0.25) is 11.8 Å². The molecule has 0 aromatic carbocycles. The molecule has 17 heavy (non-hydrogen) atoms. The van der Waals surface area contributed by atoms with Crippen LogP contribution in [0.15, 0.2) is 0 Å². The van der Waals surface area contributed by atoms with Crippen molar-refractivity contribution in [2.24, 2.45) is 5.73 Å². The molecule has 1 saturated heterocycles. The predicted octanol–water partition coefficient (Wildman–Crippen LogP) is 1.82. The topological polar surface area (TPSA) is 63.4 Å². The Morgan fingerprint density at radius 3 is 2.71 bits per heavy atom. The normalized spacial score (nSPS) is 21.9. The molecule has 1 heterocycles. The maximum Gasteiger partial charge on any atom is 0.240 e. The number of amides is 2. The van der Waals surface area contributed by atoms with Gasteiger partial charge in [-0.1, -0.05) is 33.1 Å². The molecule has 0 saturated carbocycles. The molecule has 0 aromatic heterocycles.